The molecule has 42 heavy (non-hydrogen) atoms. The maximum absolute atomic E-state index is 12.4. The van der Waals surface area contributed by atoms with Crippen LogP contribution in [0.4, 0.5) is 5.82 Å². The second kappa shape index (κ2) is 18.4. The van der Waals surface area contributed by atoms with E-state index in [-0.39, 0.29) is 30.1 Å². The van der Waals surface area contributed by atoms with Crippen molar-refractivity contribution in [2.45, 2.75) is 147 Å². The van der Waals surface area contributed by atoms with Crippen molar-refractivity contribution in [3.05, 3.63) is 17.5 Å². The maximum Gasteiger partial charge on any atom is 0.305 e. The number of rotatable bonds is 21. The number of halogens is 1. The number of hydrogen-bond acceptors (Lipinski definition) is 7. The second-order valence-corrected chi connectivity index (χ2v) is 12.1. The standard InChI is InChI=1S/C33H51ClN4O4/c1-3-5-6-7-8-9-10-11-12-13-14-15-16-17-18-19-20-21-29(40)41-25-33(4-2)27(39)24-28(42-33)38-23-22-26-30(35)36-32(34)37-31(26)38/h2,22-23,27-28,39H,3,5-21,24-25H2,1H3,(H2,35,36,37)/t27-,28+,33+/m0/s1. The van der Waals surface area contributed by atoms with E-state index < -0.39 is 17.9 Å². The molecule has 1 fully saturated rings. The molecule has 0 bridgehead atoms. The van der Waals surface area contributed by atoms with Gasteiger partial charge in [0.25, 0.3) is 0 Å². The Morgan fingerprint density at radius 3 is 2.14 bits per heavy atom. The number of nitrogen functional groups attached to an aromatic ring is 1. The highest BCUT2D eigenvalue weighted by molar-refractivity contribution is 6.28. The molecule has 1 aliphatic heterocycles. The van der Waals surface area contributed by atoms with E-state index in [4.69, 9.17) is 33.2 Å². The normalized spacial score (nSPS) is 20.2. The highest BCUT2D eigenvalue weighted by Crippen LogP contribution is 2.39. The van der Waals surface area contributed by atoms with Gasteiger partial charge in [0.1, 0.15) is 30.4 Å². The molecule has 2 aromatic rings. The first-order chi connectivity index (χ1) is 20.4. The number of aliphatic hydroxyl groups excluding tert-OH is 1. The second-order valence-electron chi connectivity index (χ2n) is 11.8. The van der Waals surface area contributed by atoms with Crippen LogP contribution in [-0.2, 0) is 14.3 Å². The molecule has 0 aromatic carbocycles. The number of carbonyl (C=O) groups is 1. The van der Waals surface area contributed by atoms with Crippen LogP contribution in [0, 0.1) is 12.3 Å². The van der Waals surface area contributed by atoms with E-state index in [9.17, 15) is 9.90 Å². The summed E-state index contributed by atoms with van der Waals surface area (Å²) in [7, 11) is 0. The van der Waals surface area contributed by atoms with Crippen molar-refractivity contribution >= 4 is 34.4 Å². The van der Waals surface area contributed by atoms with Gasteiger partial charge < -0.3 is 24.9 Å². The summed E-state index contributed by atoms with van der Waals surface area (Å²) in [5.41, 5.74) is 4.99. The average molecular weight is 603 g/mol. The third kappa shape index (κ3) is 10.4. The molecule has 234 valence electrons. The van der Waals surface area contributed by atoms with Crippen molar-refractivity contribution in [1.29, 1.82) is 0 Å². The van der Waals surface area contributed by atoms with Gasteiger partial charge in [0, 0.05) is 19.0 Å². The van der Waals surface area contributed by atoms with Crippen LogP contribution < -0.4 is 5.73 Å². The fraction of sp³-hybridized carbons (Fsp3) is 0.727. The van der Waals surface area contributed by atoms with Crippen LogP contribution in [0.25, 0.3) is 11.0 Å². The SMILES string of the molecule is C#C[C@]1(COC(=O)CCCCCCCCCCCCCCCCCCC)O[C@@H](n2ccc3c(N)nc(Cl)nc32)C[C@@H]1O. The molecule has 1 aliphatic rings. The fourth-order valence-electron chi connectivity index (χ4n) is 5.74. The number of anilines is 1. The lowest BCUT2D eigenvalue weighted by molar-refractivity contribution is -0.156. The van der Waals surface area contributed by atoms with Crippen LogP contribution in [0.5, 0.6) is 0 Å². The summed E-state index contributed by atoms with van der Waals surface area (Å²) >= 11 is 5.99. The minimum absolute atomic E-state index is 0.0139. The summed E-state index contributed by atoms with van der Waals surface area (Å²) in [6.07, 6.45) is 28.3. The molecule has 0 spiro atoms. The third-order valence-electron chi connectivity index (χ3n) is 8.37. The predicted octanol–water partition coefficient (Wildman–Crippen LogP) is 7.90. The number of carbonyl (C=O) groups excluding carboxylic acids is 1. The maximum atomic E-state index is 12.4. The summed E-state index contributed by atoms with van der Waals surface area (Å²) in [6.45, 7) is 2.06. The van der Waals surface area contributed by atoms with Gasteiger partial charge in [0.2, 0.25) is 5.28 Å². The third-order valence-corrected chi connectivity index (χ3v) is 8.54. The van der Waals surface area contributed by atoms with Crippen LogP contribution in [-0.4, -0.2) is 43.9 Å². The van der Waals surface area contributed by atoms with Crippen LogP contribution in [0.15, 0.2) is 12.3 Å². The van der Waals surface area contributed by atoms with Gasteiger partial charge in [-0.2, -0.15) is 4.98 Å². The topological polar surface area (TPSA) is 112 Å². The lowest BCUT2D eigenvalue weighted by Crippen LogP contribution is -2.43. The van der Waals surface area contributed by atoms with Crippen LogP contribution >= 0.6 is 11.6 Å². The van der Waals surface area contributed by atoms with Gasteiger partial charge in [0.15, 0.2) is 5.60 Å². The van der Waals surface area contributed by atoms with Crippen molar-refractivity contribution in [2.24, 2.45) is 0 Å². The summed E-state index contributed by atoms with van der Waals surface area (Å²) in [5, 5.41) is 11.4. The van der Waals surface area contributed by atoms with Gasteiger partial charge in [-0.25, -0.2) is 4.98 Å². The molecule has 3 atom stereocenters. The van der Waals surface area contributed by atoms with E-state index in [1.807, 2.05) is 0 Å². The Kier molecular flexibility index (Phi) is 14.9. The number of esters is 1. The number of aromatic nitrogens is 3. The molecule has 1 saturated heterocycles. The Bertz CT molecular complexity index is 1130. The van der Waals surface area contributed by atoms with E-state index >= 15 is 0 Å². The molecule has 0 unspecified atom stereocenters. The molecule has 2 aromatic heterocycles. The lowest BCUT2D eigenvalue weighted by atomic mass is 9.99. The Balaban J connectivity index is 1.23. The number of hydrogen-bond donors (Lipinski definition) is 2. The number of unbranched alkanes of at least 4 members (excludes halogenated alkanes) is 16. The first-order valence-corrected chi connectivity index (χ1v) is 16.6. The highest BCUT2D eigenvalue weighted by Gasteiger charge is 2.49. The summed E-state index contributed by atoms with van der Waals surface area (Å²) in [6, 6.07) is 1.76. The molecule has 8 nitrogen and oxygen atoms in total. The van der Waals surface area contributed by atoms with Gasteiger partial charge in [-0.15, -0.1) is 6.42 Å². The number of ether oxygens (including phenoxy) is 2. The van der Waals surface area contributed by atoms with E-state index in [0.717, 1.165) is 19.3 Å². The molecule has 0 amide bonds. The Morgan fingerprint density at radius 1 is 1.05 bits per heavy atom. The van der Waals surface area contributed by atoms with Gasteiger partial charge in [-0.1, -0.05) is 116 Å². The van der Waals surface area contributed by atoms with E-state index in [1.165, 1.54) is 89.9 Å². The smallest absolute Gasteiger partial charge is 0.305 e. The number of fused-ring (bicyclic) bond motifs is 1. The Labute approximate surface area is 257 Å². The zero-order valence-electron chi connectivity index (χ0n) is 25.5. The van der Waals surface area contributed by atoms with Crippen LogP contribution in [0.1, 0.15) is 135 Å². The highest BCUT2D eigenvalue weighted by atomic mass is 35.5. The van der Waals surface area contributed by atoms with Crippen molar-refractivity contribution in [1.82, 2.24) is 14.5 Å². The molecule has 3 heterocycles. The molecule has 9 heteroatoms. The van der Waals surface area contributed by atoms with Crippen molar-refractivity contribution in [2.75, 3.05) is 12.3 Å². The molecule has 3 rings (SSSR count). The summed E-state index contributed by atoms with van der Waals surface area (Å²) in [5.74, 6) is 2.45. The minimum atomic E-state index is -1.44. The Morgan fingerprint density at radius 2 is 1.60 bits per heavy atom. The zero-order valence-corrected chi connectivity index (χ0v) is 26.3. The van der Waals surface area contributed by atoms with Gasteiger partial charge in [0.05, 0.1) is 5.39 Å². The summed E-state index contributed by atoms with van der Waals surface area (Å²) in [4.78, 5) is 20.6. The fourth-order valence-corrected chi connectivity index (χ4v) is 5.91. The van der Waals surface area contributed by atoms with Crippen molar-refractivity contribution in [3.63, 3.8) is 0 Å². The van der Waals surface area contributed by atoms with E-state index in [2.05, 4.69) is 22.8 Å². The van der Waals surface area contributed by atoms with Crippen LogP contribution in [0.2, 0.25) is 5.28 Å². The lowest BCUT2D eigenvalue weighted by Gasteiger charge is -2.26. The van der Waals surface area contributed by atoms with E-state index in [0.29, 0.717) is 17.5 Å². The molecule has 0 radical (unpaired) electrons. The number of nitrogens with two attached hydrogens (primary N) is 1. The van der Waals surface area contributed by atoms with Crippen molar-refractivity contribution < 1.29 is 19.4 Å². The molecule has 3 N–H and O–H groups in total. The van der Waals surface area contributed by atoms with Gasteiger partial charge in [-0.3, -0.25) is 4.79 Å². The first-order valence-electron chi connectivity index (χ1n) is 16.2. The predicted molar refractivity (Wildman–Crippen MR) is 169 cm³/mol. The number of nitrogens with zero attached hydrogens (tertiary/aromatic N) is 3. The largest absolute Gasteiger partial charge is 0.461 e. The van der Waals surface area contributed by atoms with Crippen molar-refractivity contribution in [3.8, 4) is 12.3 Å². The van der Waals surface area contributed by atoms with Crippen LogP contribution in [0.3, 0.4) is 0 Å². The molecular formula is C33H51ClN4O4. The number of terminal acetylenes is 1. The molecular weight excluding hydrogens is 552 g/mol. The van der Waals surface area contributed by atoms with E-state index in [1.54, 1.807) is 16.8 Å². The first kappa shape index (κ1) is 34.2. The quantitative estimate of drug-likeness (QED) is 0.0646. The minimum Gasteiger partial charge on any atom is -0.461 e. The molecule has 0 saturated carbocycles. The Hall–Kier alpha value is -2.34. The van der Waals surface area contributed by atoms with Gasteiger partial charge >= 0.3 is 5.97 Å². The monoisotopic (exact) mass is 602 g/mol. The zero-order chi connectivity index (χ0) is 30.2. The molecule has 0 aliphatic carbocycles. The average Bonchev–Trinajstić information content (AvgIpc) is 3.54. The summed E-state index contributed by atoms with van der Waals surface area (Å²) < 4.78 is 13.3. The van der Waals surface area contributed by atoms with Gasteiger partial charge in [-0.05, 0) is 24.1 Å². The number of aliphatic hydroxyl groups is 1.